The zero-order chi connectivity index (χ0) is 19.2. The molecule has 0 aliphatic carbocycles. The van der Waals surface area contributed by atoms with Gasteiger partial charge in [-0.25, -0.2) is 9.59 Å². The van der Waals surface area contributed by atoms with Crippen molar-refractivity contribution in [1.82, 2.24) is 9.80 Å². The summed E-state index contributed by atoms with van der Waals surface area (Å²) in [5, 5.41) is 2.86. The second-order valence-corrected chi connectivity index (χ2v) is 7.22. The predicted octanol–water partition coefficient (Wildman–Crippen LogP) is 2.73. The number of nitrogens with one attached hydrogen (secondary N) is 1. The van der Waals surface area contributed by atoms with Gasteiger partial charge in [0, 0.05) is 38.3 Å². The molecule has 3 rings (SSSR count). The summed E-state index contributed by atoms with van der Waals surface area (Å²) in [6.45, 7) is 3.11. The molecule has 0 bridgehead atoms. The fourth-order valence-electron chi connectivity index (χ4n) is 3.69. The largest absolute Gasteiger partial charge is 0.465 e. The molecule has 2 fully saturated rings. The van der Waals surface area contributed by atoms with E-state index in [2.05, 4.69) is 10.1 Å². The number of piperidine rings is 1. The van der Waals surface area contributed by atoms with Crippen LogP contribution in [0.25, 0.3) is 0 Å². The topological polar surface area (TPSA) is 79.0 Å². The summed E-state index contributed by atoms with van der Waals surface area (Å²) >= 11 is 0. The lowest BCUT2D eigenvalue weighted by Gasteiger charge is -2.32. The van der Waals surface area contributed by atoms with Gasteiger partial charge in [-0.05, 0) is 55.9 Å². The second-order valence-electron chi connectivity index (χ2n) is 7.22. The molecule has 1 aromatic carbocycles. The van der Waals surface area contributed by atoms with Gasteiger partial charge >= 0.3 is 12.0 Å². The number of esters is 1. The van der Waals surface area contributed by atoms with Crippen molar-refractivity contribution in [2.75, 3.05) is 38.6 Å². The highest BCUT2D eigenvalue weighted by atomic mass is 16.5. The van der Waals surface area contributed by atoms with Crippen LogP contribution in [0, 0.1) is 5.92 Å². The van der Waals surface area contributed by atoms with Crippen molar-refractivity contribution in [1.29, 1.82) is 0 Å². The van der Waals surface area contributed by atoms with Crippen molar-refractivity contribution in [3.63, 3.8) is 0 Å². The second kappa shape index (κ2) is 8.88. The third-order valence-electron chi connectivity index (χ3n) is 5.38. The standard InChI is InChI=1S/C20H27N3O4/c1-27-19(25)16-4-6-17(7-5-16)21-20(26)23-12-8-15(9-13-23)14-18(24)22-10-2-3-11-22/h4-7,15H,2-3,8-14H2,1H3,(H,21,26). The summed E-state index contributed by atoms with van der Waals surface area (Å²) in [4.78, 5) is 39.9. The monoisotopic (exact) mass is 373 g/mol. The van der Waals surface area contributed by atoms with Crippen molar-refractivity contribution < 1.29 is 19.1 Å². The minimum atomic E-state index is -0.404. The number of methoxy groups -OCH3 is 1. The summed E-state index contributed by atoms with van der Waals surface area (Å²) in [5.74, 6) is 0.223. The Morgan fingerprint density at radius 3 is 2.22 bits per heavy atom. The van der Waals surface area contributed by atoms with Gasteiger partial charge in [0.05, 0.1) is 12.7 Å². The SMILES string of the molecule is COC(=O)c1ccc(NC(=O)N2CCC(CC(=O)N3CCCC3)CC2)cc1. The van der Waals surface area contributed by atoms with Gasteiger partial charge in [-0.2, -0.15) is 0 Å². The minimum absolute atomic E-state index is 0.148. The van der Waals surface area contributed by atoms with E-state index in [4.69, 9.17) is 0 Å². The predicted molar refractivity (Wildman–Crippen MR) is 102 cm³/mol. The van der Waals surface area contributed by atoms with Crippen LogP contribution in [0.15, 0.2) is 24.3 Å². The Bertz CT molecular complexity index is 675. The van der Waals surface area contributed by atoms with Crippen molar-refractivity contribution >= 4 is 23.6 Å². The molecule has 0 spiro atoms. The molecule has 146 valence electrons. The third kappa shape index (κ3) is 4.99. The average Bonchev–Trinajstić information content (AvgIpc) is 3.23. The molecule has 2 heterocycles. The van der Waals surface area contributed by atoms with Gasteiger partial charge in [0.25, 0.3) is 0 Å². The Labute approximate surface area is 159 Å². The van der Waals surface area contributed by atoms with Crippen molar-refractivity contribution in [3.05, 3.63) is 29.8 Å². The maximum absolute atomic E-state index is 12.4. The Hall–Kier alpha value is -2.57. The van der Waals surface area contributed by atoms with Gasteiger partial charge in [0.1, 0.15) is 0 Å². The van der Waals surface area contributed by atoms with E-state index in [9.17, 15) is 14.4 Å². The maximum Gasteiger partial charge on any atom is 0.337 e. The van der Waals surface area contributed by atoms with E-state index >= 15 is 0 Å². The number of rotatable bonds is 4. The van der Waals surface area contributed by atoms with Gasteiger partial charge in [0.15, 0.2) is 0 Å². The molecule has 0 saturated carbocycles. The number of carbonyl (C=O) groups excluding carboxylic acids is 3. The van der Waals surface area contributed by atoms with E-state index in [-0.39, 0.29) is 11.9 Å². The lowest BCUT2D eigenvalue weighted by atomic mass is 9.93. The van der Waals surface area contributed by atoms with E-state index in [1.165, 1.54) is 7.11 Å². The van der Waals surface area contributed by atoms with Gasteiger partial charge in [0.2, 0.25) is 5.91 Å². The van der Waals surface area contributed by atoms with Crippen molar-refractivity contribution in [3.8, 4) is 0 Å². The number of benzene rings is 1. The molecule has 27 heavy (non-hydrogen) atoms. The fraction of sp³-hybridized carbons (Fsp3) is 0.550. The molecule has 1 aromatic rings. The highest BCUT2D eigenvalue weighted by Gasteiger charge is 2.27. The summed E-state index contributed by atoms with van der Waals surface area (Å²) in [5.41, 5.74) is 1.08. The fourth-order valence-corrected chi connectivity index (χ4v) is 3.69. The lowest BCUT2D eigenvalue weighted by Crippen LogP contribution is -2.42. The van der Waals surface area contributed by atoms with Crippen LogP contribution in [0.3, 0.4) is 0 Å². The zero-order valence-corrected chi connectivity index (χ0v) is 15.8. The van der Waals surface area contributed by atoms with Gasteiger partial charge in [-0.1, -0.05) is 0 Å². The minimum Gasteiger partial charge on any atom is -0.465 e. The third-order valence-corrected chi connectivity index (χ3v) is 5.38. The molecule has 3 amide bonds. The first-order valence-corrected chi connectivity index (χ1v) is 9.59. The van der Waals surface area contributed by atoms with Gasteiger partial charge in [-0.3, -0.25) is 4.79 Å². The molecule has 0 unspecified atom stereocenters. The Morgan fingerprint density at radius 1 is 1.00 bits per heavy atom. The van der Waals surface area contributed by atoms with Crippen molar-refractivity contribution in [2.24, 2.45) is 5.92 Å². The number of urea groups is 1. The number of amides is 3. The van der Waals surface area contributed by atoms with E-state index in [0.717, 1.165) is 38.8 Å². The van der Waals surface area contributed by atoms with Gasteiger partial charge in [-0.15, -0.1) is 0 Å². The Kier molecular flexibility index (Phi) is 6.32. The molecule has 0 radical (unpaired) electrons. The molecule has 0 aromatic heterocycles. The van der Waals surface area contributed by atoms with Crippen LogP contribution in [0.1, 0.15) is 42.5 Å². The van der Waals surface area contributed by atoms with Crippen LogP contribution < -0.4 is 5.32 Å². The van der Waals surface area contributed by atoms with Crippen LogP contribution in [0.2, 0.25) is 0 Å². The number of hydrogen-bond donors (Lipinski definition) is 1. The van der Waals surface area contributed by atoms with Crippen LogP contribution >= 0.6 is 0 Å². The Morgan fingerprint density at radius 2 is 1.63 bits per heavy atom. The van der Waals surface area contributed by atoms with Crippen LogP contribution in [0.4, 0.5) is 10.5 Å². The molecule has 2 saturated heterocycles. The smallest absolute Gasteiger partial charge is 0.337 e. The van der Waals surface area contributed by atoms with Crippen LogP contribution in [-0.4, -0.2) is 61.0 Å². The summed E-state index contributed by atoms with van der Waals surface area (Å²) in [7, 11) is 1.33. The Balaban J connectivity index is 1.44. The highest BCUT2D eigenvalue weighted by molar-refractivity contribution is 5.92. The molecule has 2 aliphatic heterocycles. The summed E-state index contributed by atoms with van der Waals surface area (Å²) < 4.78 is 4.66. The first-order valence-electron chi connectivity index (χ1n) is 9.59. The lowest BCUT2D eigenvalue weighted by molar-refractivity contribution is -0.131. The number of nitrogens with zero attached hydrogens (tertiary/aromatic N) is 2. The first-order chi connectivity index (χ1) is 13.1. The number of ether oxygens (including phenoxy) is 1. The summed E-state index contributed by atoms with van der Waals surface area (Å²) in [6, 6.07) is 6.47. The molecule has 7 nitrogen and oxygen atoms in total. The van der Waals surface area contributed by atoms with Gasteiger partial charge < -0.3 is 19.9 Å². The maximum atomic E-state index is 12.4. The summed E-state index contributed by atoms with van der Waals surface area (Å²) in [6.07, 6.45) is 4.54. The van der Waals surface area contributed by atoms with Crippen molar-refractivity contribution in [2.45, 2.75) is 32.1 Å². The highest BCUT2D eigenvalue weighted by Crippen LogP contribution is 2.23. The van der Waals surface area contributed by atoms with Crippen LogP contribution in [0.5, 0.6) is 0 Å². The number of carbonyl (C=O) groups is 3. The molecule has 7 heteroatoms. The molecular weight excluding hydrogens is 346 g/mol. The van der Waals surface area contributed by atoms with E-state index in [1.54, 1.807) is 29.2 Å². The normalized spacial score (nSPS) is 17.7. The van der Waals surface area contributed by atoms with Crippen LogP contribution in [-0.2, 0) is 9.53 Å². The molecular formula is C20H27N3O4. The van der Waals surface area contributed by atoms with E-state index in [1.807, 2.05) is 4.90 Å². The zero-order valence-electron chi connectivity index (χ0n) is 15.8. The number of anilines is 1. The van der Waals surface area contributed by atoms with E-state index < -0.39 is 5.97 Å². The first kappa shape index (κ1) is 19.2. The molecule has 1 N–H and O–H groups in total. The quantitative estimate of drug-likeness (QED) is 0.823. The molecule has 0 atom stereocenters. The number of hydrogen-bond acceptors (Lipinski definition) is 4. The van der Waals surface area contributed by atoms with E-state index in [0.29, 0.717) is 36.7 Å². The molecule has 2 aliphatic rings. The average molecular weight is 373 g/mol. The number of likely N-dealkylation sites (tertiary alicyclic amines) is 2.